The van der Waals surface area contributed by atoms with Gasteiger partial charge in [0.05, 0.1) is 11.6 Å². The van der Waals surface area contributed by atoms with Crippen LogP contribution in [0, 0.1) is 17.2 Å². The predicted octanol–water partition coefficient (Wildman–Crippen LogP) is 2.77. The lowest BCUT2D eigenvalue weighted by Gasteiger charge is -2.35. The van der Waals surface area contributed by atoms with Crippen LogP contribution in [0.3, 0.4) is 0 Å². The van der Waals surface area contributed by atoms with Crippen molar-refractivity contribution in [2.75, 3.05) is 19.6 Å². The summed E-state index contributed by atoms with van der Waals surface area (Å²) in [7, 11) is 0. The van der Waals surface area contributed by atoms with E-state index in [2.05, 4.69) is 36.2 Å². The minimum Gasteiger partial charge on any atom is -0.310 e. The molecule has 0 radical (unpaired) electrons. The monoisotopic (exact) mass is 271 g/mol. The second-order valence-corrected chi connectivity index (χ2v) is 5.78. The Labute approximate surface area is 122 Å². The second kappa shape index (κ2) is 7.42. The first-order valence-corrected chi connectivity index (χ1v) is 7.67. The number of hydrogen-bond acceptors (Lipinski definition) is 3. The maximum Gasteiger partial charge on any atom is 0.0991 e. The van der Waals surface area contributed by atoms with Crippen molar-refractivity contribution in [2.24, 2.45) is 5.92 Å². The first-order chi connectivity index (χ1) is 9.72. The van der Waals surface area contributed by atoms with Crippen molar-refractivity contribution in [3.8, 4) is 6.07 Å². The Balaban J connectivity index is 1.85. The van der Waals surface area contributed by atoms with E-state index in [0.717, 1.165) is 24.6 Å². The quantitative estimate of drug-likeness (QED) is 0.895. The Morgan fingerprint density at radius 2 is 2.35 bits per heavy atom. The van der Waals surface area contributed by atoms with Crippen LogP contribution in [0.15, 0.2) is 24.3 Å². The summed E-state index contributed by atoms with van der Waals surface area (Å²) in [5.41, 5.74) is 1.94. The van der Waals surface area contributed by atoms with Gasteiger partial charge in [-0.1, -0.05) is 19.1 Å². The molecule has 1 aliphatic heterocycles. The van der Waals surface area contributed by atoms with Gasteiger partial charge in [0.1, 0.15) is 0 Å². The third-order valence-electron chi connectivity index (χ3n) is 4.38. The highest BCUT2D eigenvalue weighted by Crippen LogP contribution is 2.19. The molecule has 1 fully saturated rings. The van der Waals surface area contributed by atoms with E-state index in [1.807, 2.05) is 18.2 Å². The van der Waals surface area contributed by atoms with E-state index in [1.54, 1.807) is 0 Å². The summed E-state index contributed by atoms with van der Waals surface area (Å²) in [5.74, 6) is 0.739. The van der Waals surface area contributed by atoms with Crippen molar-refractivity contribution in [1.29, 1.82) is 5.26 Å². The van der Waals surface area contributed by atoms with Gasteiger partial charge in [-0.05, 0) is 56.5 Å². The SMILES string of the molecule is CCN1CCCC(C(C)NCc2cccc(C#N)c2)C1. The summed E-state index contributed by atoms with van der Waals surface area (Å²) in [6, 6.07) is 10.6. The molecule has 1 saturated heterocycles. The summed E-state index contributed by atoms with van der Waals surface area (Å²) in [5, 5.41) is 12.6. The zero-order valence-corrected chi connectivity index (χ0v) is 12.6. The number of benzene rings is 1. The molecule has 0 saturated carbocycles. The van der Waals surface area contributed by atoms with E-state index in [0.29, 0.717) is 6.04 Å². The molecule has 0 amide bonds. The van der Waals surface area contributed by atoms with Gasteiger partial charge in [0.25, 0.3) is 0 Å². The lowest BCUT2D eigenvalue weighted by atomic mass is 9.91. The van der Waals surface area contributed by atoms with Crippen LogP contribution in [0.5, 0.6) is 0 Å². The molecule has 0 aromatic heterocycles. The maximum atomic E-state index is 8.92. The highest BCUT2D eigenvalue weighted by atomic mass is 15.1. The van der Waals surface area contributed by atoms with E-state index in [1.165, 1.54) is 31.5 Å². The topological polar surface area (TPSA) is 39.1 Å². The first-order valence-electron chi connectivity index (χ1n) is 7.67. The van der Waals surface area contributed by atoms with Gasteiger partial charge in [-0.2, -0.15) is 5.26 Å². The fourth-order valence-corrected chi connectivity index (χ4v) is 2.98. The predicted molar refractivity (Wildman–Crippen MR) is 82.3 cm³/mol. The molecule has 1 aromatic rings. The summed E-state index contributed by atoms with van der Waals surface area (Å²) >= 11 is 0. The number of rotatable bonds is 5. The zero-order chi connectivity index (χ0) is 14.4. The molecule has 108 valence electrons. The zero-order valence-electron chi connectivity index (χ0n) is 12.6. The average Bonchev–Trinajstić information content (AvgIpc) is 2.52. The number of nitrogens with one attached hydrogen (secondary N) is 1. The van der Waals surface area contributed by atoms with Crippen molar-refractivity contribution in [2.45, 2.75) is 39.3 Å². The summed E-state index contributed by atoms with van der Waals surface area (Å²) in [6.45, 7) is 9.01. The first kappa shape index (κ1) is 15.0. The molecule has 2 rings (SSSR count). The number of hydrogen-bond donors (Lipinski definition) is 1. The van der Waals surface area contributed by atoms with Gasteiger partial charge in [-0.3, -0.25) is 0 Å². The number of piperidine rings is 1. The molecule has 1 aliphatic rings. The Bertz CT molecular complexity index is 464. The van der Waals surface area contributed by atoms with Gasteiger partial charge in [0.2, 0.25) is 0 Å². The molecule has 20 heavy (non-hydrogen) atoms. The molecule has 2 unspecified atom stereocenters. The van der Waals surface area contributed by atoms with E-state index in [4.69, 9.17) is 5.26 Å². The normalized spacial score (nSPS) is 21.4. The molecular formula is C17H25N3. The number of nitriles is 1. The molecule has 1 aromatic carbocycles. The van der Waals surface area contributed by atoms with E-state index in [-0.39, 0.29) is 0 Å². The highest BCUT2D eigenvalue weighted by Gasteiger charge is 2.23. The van der Waals surface area contributed by atoms with Crippen LogP contribution in [0.1, 0.15) is 37.8 Å². The molecule has 0 aliphatic carbocycles. The molecule has 3 heteroatoms. The molecule has 0 bridgehead atoms. The highest BCUT2D eigenvalue weighted by molar-refractivity contribution is 5.32. The maximum absolute atomic E-state index is 8.92. The molecule has 3 nitrogen and oxygen atoms in total. The molecule has 1 heterocycles. The van der Waals surface area contributed by atoms with E-state index >= 15 is 0 Å². The van der Waals surface area contributed by atoms with Crippen LogP contribution in [0.2, 0.25) is 0 Å². The van der Waals surface area contributed by atoms with Crippen LogP contribution >= 0.6 is 0 Å². The van der Waals surface area contributed by atoms with Gasteiger partial charge in [0.15, 0.2) is 0 Å². The van der Waals surface area contributed by atoms with Crippen molar-refractivity contribution >= 4 is 0 Å². The number of nitrogens with zero attached hydrogens (tertiary/aromatic N) is 2. The lowest BCUT2D eigenvalue weighted by molar-refractivity contribution is 0.157. The molecule has 2 atom stereocenters. The minimum atomic E-state index is 0.523. The largest absolute Gasteiger partial charge is 0.310 e. The lowest BCUT2D eigenvalue weighted by Crippen LogP contribution is -2.44. The fourth-order valence-electron chi connectivity index (χ4n) is 2.98. The van der Waals surface area contributed by atoms with Gasteiger partial charge >= 0.3 is 0 Å². The Kier molecular flexibility index (Phi) is 5.58. The van der Waals surface area contributed by atoms with Crippen LogP contribution in [0.4, 0.5) is 0 Å². The molecular weight excluding hydrogens is 246 g/mol. The van der Waals surface area contributed by atoms with Crippen molar-refractivity contribution in [3.05, 3.63) is 35.4 Å². The smallest absolute Gasteiger partial charge is 0.0991 e. The Morgan fingerprint density at radius 3 is 3.10 bits per heavy atom. The standard InChI is InChI=1S/C17H25N3/c1-3-20-9-5-8-17(13-20)14(2)19-12-16-7-4-6-15(10-16)11-18/h4,6-7,10,14,17,19H,3,5,8-9,12-13H2,1-2H3. The van der Waals surface area contributed by atoms with Gasteiger partial charge in [0, 0.05) is 19.1 Å². The average molecular weight is 271 g/mol. The van der Waals surface area contributed by atoms with Gasteiger partial charge in [-0.15, -0.1) is 0 Å². The number of likely N-dealkylation sites (tertiary alicyclic amines) is 1. The summed E-state index contributed by atoms with van der Waals surface area (Å²) < 4.78 is 0. The van der Waals surface area contributed by atoms with Crippen LogP contribution in [0.25, 0.3) is 0 Å². The summed E-state index contributed by atoms with van der Waals surface area (Å²) in [4.78, 5) is 2.54. The van der Waals surface area contributed by atoms with Crippen LogP contribution in [-0.4, -0.2) is 30.6 Å². The van der Waals surface area contributed by atoms with Crippen molar-refractivity contribution in [3.63, 3.8) is 0 Å². The molecule has 1 N–H and O–H groups in total. The van der Waals surface area contributed by atoms with Crippen molar-refractivity contribution < 1.29 is 0 Å². The third-order valence-corrected chi connectivity index (χ3v) is 4.38. The second-order valence-electron chi connectivity index (χ2n) is 5.78. The minimum absolute atomic E-state index is 0.523. The Morgan fingerprint density at radius 1 is 1.50 bits per heavy atom. The van der Waals surface area contributed by atoms with Crippen molar-refractivity contribution in [1.82, 2.24) is 10.2 Å². The van der Waals surface area contributed by atoms with Gasteiger partial charge < -0.3 is 10.2 Å². The van der Waals surface area contributed by atoms with E-state index < -0.39 is 0 Å². The fraction of sp³-hybridized carbons (Fsp3) is 0.588. The van der Waals surface area contributed by atoms with Crippen LogP contribution < -0.4 is 5.32 Å². The van der Waals surface area contributed by atoms with Crippen LogP contribution in [-0.2, 0) is 6.54 Å². The van der Waals surface area contributed by atoms with Gasteiger partial charge in [-0.25, -0.2) is 0 Å². The Hall–Kier alpha value is -1.37. The van der Waals surface area contributed by atoms with E-state index in [9.17, 15) is 0 Å². The third kappa shape index (κ3) is 4.06. The molecule has 0 spiro atoms. The summed E-state index contributed by atoms with van der Waals surface area (Å²) in [6.07, 6.45) is 2.64.